The Morgan fingerprint density at radius 2 is 2.24 bits per heavy atom. The normalized spacial score (nSPS) is 16.0. The summed E-state index contributed by atoms with van der Waals surface area (Å²) >= 11 is 5.82. The summed E-state index contributed by atoms with van der Waals surface area (Å²) in [6.07, 6.45) is 0. The molecule has 1 aliphatic heterocycles. The number of rotatable bonds is 5. The van der Waals surface area contributed by atoms with Crippen molar-refractivity contribution in [2.45, 2.75) is 19.2 Å². The molecule has 0 saturated carbocycles. The van der Waals surface area contributed by atoms with Gasteiger partial charge in [0.2, 0.25) is 0 Å². The van der Waals surface area contributed by atoms with E-state index in [0.29, 0.717) is 30.3 Å². The molecule has 6 heteroatoms. The molecule has 1 heterocycles. The Morgan fingerprint density at radius 1 is 1.47 bits per heavy atom. The predicted molar refractivity (Wildman–Crippen MR) is 59.5 cm³/mol. The third-order valence-electron chi connectivity index (χ3n) is 2.46. The van der Waals surface area contributed by atoms with Crippen molar-refractivity contribution in [1.29, 1.82) is 0 Å². The number of alkyl halides is 2. The van der Waals surface area contributed by atoms with E-state index >= 15 is 0 Å². The maximum atomic E-state index is 12.2. The zero-order valence-electron chi connectivity index (χ0n) is 8.96. The van der Waals surface area contributed by atoms with Crippen LogP contribution in [0.25, 0.3) is 0 Å². The van der Waals surface area contributed by atoms with Gasteiger partial charge in [-0.05, 0) is 18.2 Å². The Morgan fingerprint density at radius 3 is 2.82 bits per heavy atom. The standard InChI is InChI=1S/C11H12ClF2NO2/c12-8-1-2-10(17-11(13)14)7(3-8)4-15-9-5-16-6-9/h1-3,9,11,15H,4-6H2. The monoisotopic (exact) mass is 263 g/mol. The van der Waals surface area contributed by atoms with Gasteiger partial charge in [-0.25, -0.2) is 0 Å². The van der Waals surface area contributed by atoms with Gasteiger partial charge in [0, 0.05) is 17.1 Å². The topological polar surface area (TPSA) is 30.5 Å². The molecular weight excluding hydrogens is 252 g/mol. The van der Waals surface area contributed by atoms with Crippen molar-refractivity contribution in [3.63, 3.8) is 0 Å². The smallest absolute Gasteiger partial charge is 0.387 e. The SMILES string of the molecule is FC(F)Oc1ccc(Cl)cc1CNC1COC1. The zero-order chi connectivity index (χ0) is 12.3. The molecule has 0 aliphatic carbocycles. The molecule has 1 N–H and O–H groups in total. The summed E-state index contributed by atoms with van der Waals surface area (Å²) < 4.78 is 33.8. The van der Waals surface area contributed by atoms with Gasteiger partial charge in [-0.2, -0.15) is 8.78 Å². The van der Waals surface area contributed by atoms with Crippen LogP contribution in [0.15, 0.2) is 18.2 Å². The molecule has 17 heavy (non-hydrogen) atoms. The summed E-state index contributed by atoms with van der Waals surface area (Å²) in [4.78, 5) is 0. The van der Waals surface area contributed by atoms with Crippen LogP contribution < -0.4 is 10.1 Å². The van der Waals surface area contributed by atoms with Crippen LogP contribution >= 0.6 is 11.6 Å². The van der Waals surface area contributed by atoms with Crippen molar-refractivity contribution in [3.05, 3.63) is 28.8 Å². The van der Waals surface area contributed by atoms with Crippen molar-refractivity contribution in [3.8, 4) is 5.75 Å². The Kier molecular flexibility index (Phi) is 4.15. The third-order valence-corrected chi connectivity index (χ3v) is 2.69. The van der Waals surface area contributed by atoms with Crippen molar-refractivity contribution in [1.82, 2.24) is 5.32 Å². The van der Waals surface area contributed by atoms with Gasteiger partial charge in [-0.15, -0.1) is 0 Å². The summed E-state index contributed by atoms with van der Waals surface area (Å²) in [7, 11) is 0. The van der Waals surface area contributed by atoms with Crippen LogP contribution in [0.2, 0.25) is 5.02 Å². The molecular formula is C11H12ClF2NO2. The maximum Gasteiger partial charge on any atom is 0.387 e. The predicted octanol–water partition coefficient (Wildman–Crippen LogP) is 2.43. The lowest BCUT2D eigenvalue weighted by molar-refractivity contribution is -0.0507. The first-order valence-corrected chi connectivity index (χ1v) is 5.57. The minimum absolute atomic E-state index is 0.150. The van der Waals surface area contributed by atoms with E-state index in [1.54, 1.807) is 6.07 Å². The molecule has 0 bridgehead atoms. The van der Waals surface area contributed by atoms with E-state index in [0.717, 1.165) is 0 Å². The number of nitrogens with one attached hydrogen (secondary N) is 1. The van der Waals surface area contributed by atoms with E-state index in [1.807, 2.05) is 0 Å². The highest BCUT2D eigenvalue weighted by Crippen LogP contribution is 2.24. The Labute approximate surface area is 103 Å². The first kappa shape index (κ1) is 12.5. The molecule has 1 aliphatic rings. The molecule has 0 radical (unpaired) electrons. The second-order valence-corrected chi connectivity index (χ2v) is 4.18. The number of hydrogen-bond acceptors (Lipinski definition) is 3. The molecule has 1 fully saturated rings. The van der Waals surface area contributed by atoms with Crippen molar-refractivity contribution in [2.24, 2.45) is 0 Å². The van der Waals surface area contributed by atoms with E-state index in [4.69, 9.17) is 16.3 Å². The van der Waals surface area contributed by atoms with Gasteiger partial charge >= 0.3 is 6.61 Å². The van der Waals surface area contributed by atoms with Crippen LogP contribution in [0.4, 0.5) is 8.78 Å². The maximum absolute atomic E-state index is 12.2. The van der Waals surface area contributed by atoms with Crippen molar-refractivity contribution < 1.29 is 18.3 Å². The van der Waals surface area contributed by atoms with E-state index < -0.39 is 6.61 Å². The molecule has 3 nitrogen and oxygen atoms in total. The number of ether oxygens (including phenoxy) is 2. The molecule has 1 aromatic rings. The molecule has 0 amide bonds. The highest BCUT2D eigenvalue weighted by atomic mass is 35.5. The Hall–Kier alpha value is -0.910. The first-order chi connectivity index (χ1) is 8.15. The fraction of sp³-hybridized carbons (Fsp3) is 0.455. The quantitative estimate of drug-likeness (QED) is 0.885. The molecule has 0 spiro atoms. The van der Waals surface area contributed by atoms with Crippen molar-refractivity contribution >= 4 is 11.6 Å². The third kappa shape index (κ3) is 3.52. The summed E-state index contributed by atoms with van der Waals surface area (Å²) in [6.45, 7) is -1.12. The van der Waals surface area contributed by atoms with Crippen LogP contribution in [0.5, 0.6) is 5.75 Å². The zero-order valence-corrected chi connectivity index (χ0v) is 9.71. The lowest BCUT2D eigenvalue weighted by Crippen LogP contribution is -2.45. The molecule has 0 aromatic heterocycles. The second kappa shape index (κ2) is 5.62. The van der Waals surface area contributed by atoms with E-state index in [-0.39, 0.29) is 11.8 Å². The molecule has 0 unspecified atom stereocenters. The van der Waals surface area contributed by atoms with Crippen LogP contribution in [-0.4, -0.2) is 25.9 Å². The number of benzene rings is 1. The van der Waals surface area contributed by atoms with Gasteiger partial charge in [0.25, 0.3) is 0 Å². The molecule has 2 rings (SSSR count). The second-order valence-electron chi connectivity index (χ2n) is 3.75. The van der Waals surface area contributed by atoms with Crippen LogP contribution in [0, 0.1) is 0 Å². The number of halogens is 3. The summed E-state index contributed by atoms with van der Waals surface area (Å²) in [6, 6.07) is 4.86. The summed E-state index contributed by atoms with van der Waals surface area (Å²) in [5, 5.41) is 3.66. The van der Waals surface area contributed by atoms with Gasteiger partial charge in [0.05, 0.1) is 19.3 Å². The van der Waals surface area contributed by atoms with Gasteiger partial charge in [0.1, 0.15) is 5.75 Å². The summed E-state index contributed by atoms with van der Waals surface area (Å²) in [5.74, 6) is 0.150. The largest absolute Gasteiger partial charge is 0.434 e. The van der Waals surface area contributed by atoms with Gasteiger partial charge < -0.3 is 14.8 Å². The highest BCUT2D eigenvalue weighted by Gasteiger charge is 2.18. The van der Waals surface area contributed by atoms with Crippen molar-refractivity contribution in [2.75, 3.05) is 13.2 Å². The lowest BCUT2D eigenvalue weighted by atomic mass is 10.1. The van der Waals surface area contributed by atoms with E-state index in [1.165, 1.54) is 12.1 Å². The minimum atomic E-state index is -2.83. The van der Waals surface area contributed by atoms with Crippen LogP contribution in [0.1, 0.15) is 5.56 Å². The molecule has 0 atom stereocenters. The van der Waals surface area contributed by atoms with E-state index in [2.05, 4.69) is 10.1 Å². The fourth-order valence-electron chi connectivity index (χ4n) is 1.50. The van der Waals surface area contributed by atoms with Gasteiger partial charge in [-0.3, -0.25) is 0 Å². The first-order valence-electron chi connectivity index (χ1n) is 5.19. The minimum Gasteiger partial charge on any atom is -0.434 e. The Bertz CT molecular complexity index is 386. The average molecular weight is 264 g/mol. The Balaban J connectivity index is 2.02. The highest BCUT2D eigenvalue weighted by molar-refractivity contribution is 6.30. The lowest BCUT2D eigenvalue weighted by Gasteiger charge is -2.27. The fourth-order valence-corrected chi connectivity index (χ4v) is 1.70. The van der Waals surface area contributed by atoms with Crippen LogP contribution in [0.3, 0.4) is 0 Å². The summed E-state index contributed by atoms with van der Waals surface area (Å²) in [5.41, 5.74) is 0.615. The molecule has 1 saturated heterocycles. The van der Waals surface area contributed by atoms with Gasteiger partial charge in [-0.1, -0.05) is 11.6 Å². The molecule has 1 aromatic carbocycles. The average Bonchev–Trinajstić information content (AvgIpc) is 2.19. The van der Waals surface area contributed by atoms with Gasteiger partial charge in [0.15, 0.2) is 0 Å². The van der Waals surface area contributed by atoms with E-state index in [9.17, 15) is 8.78 Å². The number of hydrogen-bond donors (Lipinski definition) is 1. The molecule has 94 valence electrons. The van der Waals surface area contributed by atoms with Crippen LogP contribution in [-0.2, 0) is 11.3 Å².